The van der Waals surface area contributed by atoms with Gasteiger partial charge in [0.15, 0.2) is 0 Å². The maximum atomic E-state index is 11.2. The number of pyridine rings is 1. The summed E-state index contributed by atoms with van der Waals surface area (Å²) in [5.41, 5.74) is 2.29. The van der Waals surface area contributed by atoms with Crippen LogP contribution in [0.15, 0.2) is 24.3 Å². The molecule has 100 valence electrons. The van der Waals surface area contributed by atoms with E-state index >= 15 is 0 Å². The fraction of sp³-hybridized carbons (Fsp3) is 0.286. The molecule has 0 saturated heterocycles. The van der Waals surface area contributed by atoms with E-state index in [9.17, 15) is 9.90 Å². The number of benzene rings is 1. The second kappa shape index (κ2) is 5.67. The molecule has 1 aromatic carbocycles. The number of para-hydroxylation sites is 1. The van der Waals surface area contributed by atoms with E-state index in [-0.39, 0.29) is 12.2 Å². The van der Waals surface area contributed by atoms with Gasteiger partial charge in [0.05, 0.1) is 11.1 Å². The minimum atomic E-state index is -0.981. The fourth-order valence-corrected chi connectivity index (χ4v) is 2.00. The van der Waals surface area contributed by atoms with Crippen LogP contribution in [0.5, 0.6) is 0 Å². The van der Waals surface area contributed by atoms with Crippen molar-refractivity contribution in [3.05, 3.63) is 35.5 Å². The Morgan fingerprint density at radius 2 is 2.21 bits per heavy atom. The van der Waals surface area contributed by atoms with Gasteiger partial charge in [-0.25, -0.2) is 4.79 Å². The third kappa shape index (κ3) is 2.82. The maximum Gasteiger partial charge on any atom is 0.337 e. The molecular formula is C14H16N2O3. The molecule has 0 aliphatic carbocycles. The number of carbonyl (C=O) groups is 1. The lowest BCUT2D eigenvalue weighted by Crippen LogP contribution is -2.06. The molecule has 1 heterocycles. The summed E-state index contributed by atoms with van der Waals surface area (Å²) >= 11 is 0. The number of nitrogens with one attached hydrogen (secondary N) is 1. The maximum absolute atomic E-state index is 11.2. The van der Waals surface area contributed by atoms with Gasteiger partial charge in [0.2, 0.25) is 0 Å². The molecule has 2 rings (SSSR count). The summed E-state index contributed by atoms with van der Waals surface area (Å²) < 4.78 is 0. The van der Waals surface area contributed by atoms with Crippen molar-refractivity contribution < 1.29 is 15.0 Å². The average molecular weight is 260 g/mol. The van der Waals surface area contributed by atoms with E-state index in [1.54, 1.807) is 12.1 Å². The first-order valence-electron chi connectivity index (χ1n) is 6.12. The second-order valence-electron chi connectivity index (χ2n) is 4.32. The highest BCUT2D eigenvalue weighted by atomic mass is 16.4. The van der Waals surface area contributed by atoms with Gasteiger partial charge in [-0.05, 0) is 25.5 Å². The van der Waals surface area contributed by atoms with Crippen LogP contribution < -0.4 is 5.32 Å². The number of aliphatic hydroxyl groups is 1. The third-order valence-corrected chi connectivity index (χ3v) is 2.85. The zero-order valence-electron chi connectivity index (χ0n) is 10.7. The average Bonchev–Trinajstić information content (AvgIpc) is 2.38. The summed E-state index contributed by atoms with van der Waals surface area (Å²) in [5.74, 6) is -0.981. The van der Waals surface area contributed by atoms with Crippen LogP contribution in [0.1, 0.15) is 22.5 Å². The van der Waals surface area contributed by atoms with Gasteiger partial charge in [0, 0.05) is 29.9 Å². The van der Waals surface area contributed by atoms with Crippen molar-refractivity contribution >= 4 is 22.6 Å². The molecule has 0 radical (unpaired) electrons. The van der Waals surface area contributed by atoms with E-state index in [0.717, 1.165) is 16.8 Å². The van der Waals surface area contributed by atoms with E-state index in [1.165, 1.54) is 0 Å². The number of aryl methyl sites for hydroxylation is 1. The van der Waals surface area contributed by atoms with Gasteiger partial charge in [-0.3, -0.25) is 4.98 Å². The number of carboxylic acids is 1. The number of hydrogen-bond acceptors (Lipinski definition) is 4. The van der Waals surface area contributed by atoms with E-state index in [0.29, 0.717) is 18.5 Å². The number of carboxylic acid groups (broad SMARTS) is 1. The van der Waals surface area contributed by atoms with Crippen LogP contribution >= 0.6 is 0 Å². The SMILES string of the molecule is Cc1cc(NCCCO)c2cccc(C(=O)O)c2n1. The number of rotatable bonds is 5. The van der Waals surface area contributed by atoms with Crippen molar-refractivity contribution in [2.75, 3.05) is 18.5 Å². The van der Waals surface area contributed by atoms with Crippen molar-refractivity contribution in [1.29, 1.82) is 0 Å². The molecule has 2 aromatic rings. The van der Waals surface area contributed by atoms with Gasteiger partial charge in [-0.1, -0.05) is 12.1 Å². The molecular weight excluding hydrogens is 244 g/mol. The molecule has 5 heteroatoms. The van der Waals surface area contributed by atoms with Crippen LogP contribution in [-0.2, 0) is 0 Å². The third-order valence-electron chi connectivity index (χ3n) is 2.85. The molecule has 0 aliphatic heterocycles. The summed E-state index contributed by atoms with van der Waals surface area (Å²) in [6, 6.07) is 6.98. The predicted octanol–water partition coefficient (Wildman–Crippen LogP) is 2.04. The molecule has 5 nitrogen and oxygen atoms in total. The highest BCUT2D eigenvalue weighted by Gasteiger charge is 2.12. The Morgan fingerprint density at radius 3 is 2.89 bits per heavy atom. The first-order valence-corrected chi connectivity index (χ1v) is 6.12. The molecule has 0 amide bonds. The fourth-order valence-electron chi connectivity index (χ4n) is 2.00. The van der Waals surface area contributed by atoms with Crippen molar-refractivity contribution in [2.45, 2.75) is 13.3 Å². The van der Waals surface area contributed by atoms with Gasteiger partial charge in [0.25, 0.3) is 0 Å². The summed E-state index contributed by atoms with van der Waals surface area (Å²) in [7, 11) is 0. The summed E-state index contributed by atoms with van der Waals surface area (Å²) in [6.07, 6.45) is 0.640. The van der Waals surface area contributed by atoms with E-state index < -0.39 is 5.97 Å². The molecule has 0 spiro atoms. The zero-order valence-corrected chi connectivity index (χ0v) is 10.7. The largest absolute Gasteiger partial charge is 0.478 e. The number of aromatic carboxylic acids is 1. The molecule has 3 N–H and O–H groups in total. The van der Waals surface area contributed by atoms with E-state index in [2.05, 4.69) is 10.3 Å². The molecule has 0 saturated carbocycles. The van der Waals surface area contributed by atoms with Crippen molar-refractivity contribution in [3.8, 4) is 0 Å². The molecule has 0 fully saturated rings. The summed E-state index contributed by atoms with van der Waals surface area (Å²) in [4.78, 5) is 15.5. The first-order chi connectivity index (χ1) is 9.13. The molecule has 0 atom stereocenters. The van der Waals surface area contributed by atoms with Crippen LogP contribution in [-0.4, -0.2) is 34.3 Å². The van der Waals surface area contributed by atoms with Crippen LogP contribution in [0.3, 0.4) is 0 Å². The molecule has 0 unspecified atom stereocenters. The Kier molecular flexibility index (Phi) is 3.97. The predicted molar refractivity (Wildman–Crippen MR) is 73.6 cm³/mol. The summed E-state index contributed by atoms with van der Waals surface area (Å²) in [6.45, 7) is 2.58. The monoisotopic (exact) mass is 260 g/mol. The lowest BCUT2D eigenvalue weighted by atomic mass is 10.1. The quantitative estimate of drug-likeness (QED) is 0.716. The number of nitrogens with zero attached hydrogens (tertiary/aromatic N) is 1. The highest BCUT2D eigenvalue weighted by Crippen LogP contribution is 2.25. The highest BCUT2D eigenvalue weighted by molar-refractivity contribution is 6.05. The second-order valence-corrected chi connectivity index (χ2v) is 4.32. The zero-order chi connectivity index (χ0) is 13.8. The van der Waals surface area contributed by atoms with Gasteiger partial charge < -0.3 is 15.5 Å². The Morgan fingerprint density at radius 1 is 1.42 bits per heavy atom. The van der Waals surface area contributed by atoms with Crippen molar-refractivity contribution in [2.24, 2.45) is 0 Å². The topological polar surface area (TPSA) is 82.5 Å². The van der Waals surface area contributed by atoms with Gasteiger partial charge in [0.1, 0.15) is 0 Å². The van der Waals surface area contributed by atoms with Crippen molar-refractivity contribution in [3.63, 3.8) is 0 Å². The van der Waals surface area contributed by atoms with Crippen LogP contribution in [0.25, 0.3) is 10.9 Å². The Balaban J connectivity index is 2.52. The number of aromatic nitrogens is 1. The smallest absolute Gasteiger partial charge is 0.337 e. The van der Waals surface area contributed by atoms with Crippen molar-refractivity contribution in [1.82, 2.24) is 4.98 Å². The van der Waals surface area contributed by atoms with Crippen LogP contribution in [0.4, 0.5) is 5.69 Å². The molecule has 1 aromatic heterocycles. The molecule has 19 heavy (non-hydrogen) atoms. The normalized spacial score (nSPS) is 10.6. The van der Waals surface area contributed by atoms with E-state index in [1.807, 2.05) is 19.1 Å². The Labute approximate surface area is 110 Å². The minimum Gasteiger partial charge on any atom is -0.478 e. The number of hydrogen-bond donors (Lipinski definition) is 3. The number of anilines is 1. The van der Waals surface area contributed by atoms with Gasteiger partial charge >= 0.3 is 5.97 Å². The molecule has 0 aliphatic rings. The lowest BCUT2D eigenvalue weighted by molar-refractivity contribution is 0.0699. The first kappa shape index (κ1) is 13.3. The summed E-state index contributed by atoms with van der Waals surface area (Å²) in [5, 5.41) is 22.0. The Bertz CT molecular complexity index is 611. The van der Waals surface area contributed by atoms with E-state index in [4.69, 9.17) is 5.11 Å². The number of fused-ring (bicyclic) bond motifs is 1. The number of aliphatic hydroxyl groups excluding tert-OH is 1. The van der Waals surface area contributed by atoms with Gasteiger partial charge in [-0.15, -0.1) is 0 Å². The lowest BCUT2D eigenvalue weighted by Gasteiger charge is -2.11. The van der Waals surface area contributed by atoms with Crippen LogP contribution in [0, 0.1) is 6.92 Å². The minimum absolute atomic E-state index is 0.120. The Hall–Kier alpha value is -2.14. The van der Waals surface area contributed by atoms with Crippen LogP contribution in [0.2, 0.25) is 0 Å². The van der Waals surface area contributed by atoms with Gasteiger partial charge in [-0.2, -0.15) is 0 Å². The standard InChI is InChI=1S/C14H16N2O3/c1-9-8-12(15-6-3-7-17)10-4-2-5-11(14(18)19)13(10)16-9/h2,4-5,8,17H,3,6-7H2,1H3,(H,15,16)(H,18,19). The molecule has 0 bridgehead atoms.